The molecular formula is C11H11Cl3N2O. The molecule has 1 atom stereocenters. The van der Waals surface area contributed by atoms with E-state index in [0.717, 1.165) is 0 Å². The van der Waals surface area contributed by atoms with Crippen LogP contribution < -0.4 is 10.6 Å². The van der Waals surface area contributed by atoms with Gasteiger partial charge in [-0.25, -0.2) is 0 Å². The Balaban J connectivity index is 2.35. The molecule has 1 unspecified atom stereocenters. The van der Waals surface area contributed by atoms with Crippen LogP contribution >= 0.6 is 34.8 Å². The number of carbonyl (C=O) groups excluding carboxylic acids is 1. The van der Waals surface area contributed by atoms with E-state index in [2.05, 4.69) is 0 Å². The van der Waals surface area contributed by atoms with Crippen molar-refractivity contribution in [2.24, 2.45) is 11.7 Å². The number of hydrogen-bond donors (Lipinski definition) is 1. The van der Waals surface area contributed by atoms with Gasteiger partial charge in [-0.2, -0.15) is 0 Å². The van der Waals surface area contributed by atoms with E-state index in [1.165, 1.54) is 0 Å². The lowest BCUT2D eigenvalue weighted by Gasteiger charge is -2.18. The molecule has 1 fully saturated rings. The first-order valence-electron chi connectivity index (χ1n) is 5.18. The van der Waals surface area contributed by atoms with E-state index in [-0.39, 0.29) is 11.8 Å². The number of halogens is 3. The second-order valence-corrected chi connectivity index (χ2v) is 5.25. The lowest BCUT2D eigenvalue weighted by atomic mass is 10.1. The summed E-state index contributed by atoms with van der Waals surface area (Å²) in [5.41, 5.74) is 6.17. The first-order chi connectivity index (χ1) is 8.02. The van der Waals surface area contributed by atoms with Gasteiger partial charge in [0.1, 0.15) is 0 Å². The lowest BCUT2D eigenvalue weighted by Crippen LogP contribution is -2.26. The molecule has 0 aromatic heterocycles. The first-order valence-corrected chi connectivity index (χ1v) is 6.31. The molecule has 1 aliphatic heterocycles. The summed E-state index contributed by atoms with van der Waals surface area (Å²) in [6.07, 6.45) is 0.451. The van der Waals surface area contributed by atoms with Gasteiger partial charge in [0.2, 0.25) is 5.91 Å². The highest BCUT2D eigenvalue weighted by Gasteiger charge is 2.31. The van der Waals surface area contributed by atoms with Crippen LogP contribution in [0.1, 0.15) is 6.42 Å². The highest BCUT2D eigenvalue weighted by molar-refractivity contribution is 6.44. The molecule has 6 heteroatoms. The van der Waals surface area contributed by atoms with Gasteiger partial charge in [-0.15, -0.1) is 0 Å². The van der Waals surface area contributed by atoms with Gasteiger partial charge < -0.3 is 10.6 Å². The Hall–Kier alpha value is -0.480. The summed E-state index contributed by atoms with van der Waals surface area (Å²) >= 11 is 17.8. The molecule has 2 rings (SSSR count). The van der Waals surface area contributed by atoms with Crippen LogP contribution in [0.25, 0.3) is 0 Å². The van der Waals surface area contributed by atoms with Crippen molar-refractivity contribution in [3.05, 3.63) is 27.2 Å². The molecule has 1 aliphatic rings. The smallest absolute Gasteiger partial charge is 0.227 e. The maximum atomic E-state index is 11.8. The van der Waals surface area contributed by atoms with Crippen molar-refractivity contribution in [1.29, 1.82) is 0 Å². The van der Waals surface area contributed by atoms with Crippen molar-refractivity contribution in [2.45, 2.75) is 6.42 Å². The van der Waals surface area contributed by atoms with Crippen LogP contribution in [0.5, 0.6) is 0 Å². The summed E-state index contributed by atoms with van der Waals surface area (Å²) in [4.78, 5) is 13.4. The average molecular weight is 294 g/mol. The van der Waals surface area contributed by atoms with E-state index in [9.17, 15) is 4.79 Å². The van der Waals surface area contributed by atoms with Crippen molar-refractivity contribution in [3.8, 4) is 0 Å². The molecule has 0 aliphatic carbocycles. The van der Waals surface area contributed by atoms with Crippen LogP contribution in [0.3, 0.4) is 0 Å². The fraction of sp³-hybridized carbons (Fsp3) is 0.364. The molecule has 1 aromatic carbocycles. The Morgan fingerprint density at radius 3 is 2.47 bits per heavy atom. The molecule has 0 spiro atoms. The zero-order valence-corrected chi connectivity index (χ0v) is 11.2. The van der Waals surface area contributed by atoms with Crippen LogP contribution in [0.4, 0.5) is 5.69 Å². The van der Waals surface area contributed by atoms with Crippen molar-refractivity contribution in [2.75, 3.05) is 18.0 Å². The maximum Gasteiger partial charge on any atom is 0.227 e. The van der Waals surface area contributed by atoms with E-state index in [1.807, 2.05) is 0 Å². The first kappa shape index (κ1) is 13.0. The zero-order chi connectivity index (χ0) is 12.6. The molecule has 0 radical (unpaired) electrons. The van der Waals surface area contributed by atoms with Gasteiger partial charge in [0.25, 0.3) is 0 Å². The summed E-state index contributed by atoms with van der Waals surface area (Å²) in [5, 5.41) is 1.18. The Morgan fingerprint density at radius 1 is 1.24 bits per heavy atom. The Kier molecular flexibility index (Phi) is 3.83. The molecule has 2 N–H and O–H groups in total. The van der Waals surface area contributed by atoms with Gasteiger partial charge in [0.15, 0.2) is 0 Å². The minimum absolute atomic E-state index is 0.0146. The molecule has 0 saturated carbocycles. The van der Waals surface area contributed by atoms with Crippen LogP contribution in [0.2, 0.25) is 15.1 Å². The number of nitrogens with two attached hydrogens (primary N) is 1. The topological polar surface area (TPSA) is 46.3 Å². The standard InChI is InChI=1S/C11H11Cl3N2O/c12-7-2-9(14)10(3-8(7)13)16-5-6(4-15)1-11(16)17/h2-3,6H,1,4-5,15H2. The molecular weight excluding hydrogens is 282 g/mol. The number of benzene rings is 1. The van der Waals surface area contributed by atoms with Crippen LogP contribution in [0, 0.1) is 5.92 Å². The van der Waals surface area contributed by atoms with Gasteiger partial charge >= 0.3 is 0 Å². The third-order valence-corrected chi connectivity index (χ3v) is 3.84. The normalized spacial score (nSPS) is 20.1. The Labute approximate surface area is 114 Å². The van der Waals surface area contributed by atoms with E-state index in [4.69, 9.17) is 40.5 Å². The highest BCUT2D eigenvalue weighted by Crippen LogP contribution is 2.36. The van der Waals surface area contributed by atoms with Crippen molar-refractivity contribution < 1.29 is 4.79 Å². The number of rotatable bonds is 2. The molecule has 17 heavy (non-hydrogen) atoms. The van der Waals surface area contributed by atoms with Crippen molar-refractivity contribution in [3.63, 3.8) is 0 Å². The molecule has 1 aromatic rings. The predicted octanol–water partition coefficient (Wildman–Crippen LogP) is 2.96. The molecule has 1 saturated heterocycles. The van der Waals surface area contributed by atoms with Gasteiger partial charge in [-0.3, -0.25) is 4.79 Å². The molecule has 92 valence electrons. The minimum atomic E-state index is 0.0146. The maximum absolute atomic E-state index is 11.8. The molecule has 1 amide bonds. The summed E-state index contributed by atoms with van der Waals surface area (Å²) in [6, 6.07) is 3.16. The third-order valence-electron chi connectivity index (χ3n) is 2.82. The number of amides is 1. The zero-order valence-electron chi connectivity index (χ0n) is 8.92. The number of anilines is 1. The number of nitrogens with zero attached hydrogens (tertiary/aromatic N) is 1. The van der Waals surface area contributed by atoms with E-state index < -0.39 is 0 Å². The number of hydrogen-bond acceptors (Lipinski definition) is 2. The average Bonchev–Trinajstić information content (AvgIpc) is 2.65. The summed E-state index contributed by atoms with van der Waals surface area (Å²) in [5.74, 6) is 0.189. The van der Waals surface area contributed by atoms with E-state index in [0.29, 0.717) is 40.3 Å². The Bertz CT molecular complexity index is 464. The summed E-state index contributed by atoms with van der Waals surface area (Å²) < 4.78 is 0. The monoisotopic (exact) mass is 292 g/mol. The van der Waals surface area contributed by atoms with Gasteiger partial charge in [-0.1, -0.05) is 34.8 Å². The molecule has 1 heterocycles. The van der Waals surface area contributed by atoms with Crippen LogP contribution in [-0.4, -0.2) is 19.0 Å². The summed E-state index contributed by atoms with van der Waals surface area (Å²) in [6.45, 7) is 1.06. The lowest BCUT2D eigenvalue weighted by molar-refractivity contribution is -0.117. The second kappa shape index (κ2) is 5.02. The largest absolute Gasteiger partial charge is 0.330 e. The van der Waals surface area contributed by atoms with E-state index >= 15 is 0 Å². The van der Waals surface area contributed by atoms with E-state index in [1.54, 1.807) is 17.0 Å². The predicted molar refractivity (Wildman–Crippen MR) is 71.0 cm³/mol. The fourth-order valence-electron chi connectivity index (χ4n) is 1.89. The van der Waals surface area contributed by atoms with Crippen molar-refractivity contribution >= 4 is 46.4 Å². The third kappa shape index (κ3) is 2.52. The SMILES string of the molecule is NCC1CC(=O)N(c2cc(Cl)c(Cl)cc2Cl)C1. The quantitative estimate of drug-likeness (QED) is 0.852. The van der Waals surface area contributed by atoms with Gasteiger partial charge in [0.05, 0.1) is 20.8 Å². The fourth-order valence-corrected chi connectivity index (χ4v) is 2.53. The number of carbonyl (C=O) groups is 1. The van der Waals surface area contributed by atoms with Crippen molar-refractivity contribution in [1.82, 2.24) is 0 Å². The van der Waals surface area contributed by atoms with Crippen LogP contribution in [-0.2, 0) is 4.79 Å². The minimum Gasteiger partial charge on any atom is -0.330 e. The second-order valence-electron chi connectivity index (χ2n) is 4.03. The Morgan fingerprint density at radius 2 is 1.88 bits per heavy atom. The van der Waals surface area contributed by atoms with Crippen LogP contribution in [0.15, 0.2) is 12.1 Å². The molecule has 3 nitrogen and oxygen atoms in total. The van der Waals surface area contributed by atoms with Gasteiger partial charge in [-0.05, 0) is 24.6 Å². The molecule has 0 bridgehead atoms. The highest BCUT2D eigenvalue weighted by atomic mass is 35.5. The summed E-state index contributed by atoms with van der Waals surface area (Å²) in [7, 11) is 0. The van der Waals surface area contributed by atoms with Gasteiger partial charge in [0, 0.05) is 13.0 Å².